The summed E-state index contributed by atoms with van der Waals surface area (Å²) in [7, 11) is 0. The number of piperidine rings is 1. The highest BCUT2D eigenvalue weighted by Gasteiger charge is 2.23. The summed E-state index contributed by atoms with van der Waals surface area (Å²) in [6.07, 6.45) is 6.11. The van der Waals surface area contributed by atoms with Gasteiger partial charge in [-0.2, -0.15) is 0 Å². The molecule has 0 radical (unpaired) electrons. The average molecular weight is 492 g/mol. The third-order valence-corrected chi connectivity index (χ3v) is 6.51. The molecule has 3 N–H and O–H groups in total. The fraction of sp³-hybridized carbons (Fsp3) is 0.333. The highest BCUT2D eigenvalue weighted by atomic mass is 16.5. The highest BCUT2D eigenvalue weighted by molar-refractivity contribution is 6.02. The second kappa shape index (κ2) is 11.6. The van der Waals surface area contributed by atoms with Gasteiger partial charge in [-0.1, -0.05) is 35.5 Å². The number of hydrogen-bond donors (Lipinski definition) is 3. The zero-order valence-electron chi connectivity index (χ0n) is 19.9. The molecular weight excluding hydrogens is 462 g/mol. The van der Waals surface area contributed by atoms with E-state index in [1.54, 1.807) is 0 Å². The Labute approximate surface area is 208 Å². The molecule has 5 rings (SSSR count). The van der Waals surface area contributed by atoms with E-state index in [1.807, 2.05) is 6.07 Å². The molecule has 1 amide bonds. The number of hydrogen-bond acceptors (Lipinski definition) is 6. The third-order valence-electron chi connectivity index (χ3n) is 6.51. The Kier molecular flexibility index (Phi) is 8.12. The first-order valence-electron chi connectivity index (χ1n) is 12.0. The van der Waals surface area contributed by atoms with Crippen molar-refractivity contribution < 1.29 is 29.1 Å². The lowest BCUT2D eigenvalue weighted by Gasteiger charge is -2.31. The van der Waals surface area contributed by atoms with Crippen molar-refractivity contribution in [3.63, 3.8) is 0 Å². The monoisotopic (exact) mass is 491 g/mol. The van der Waals surface area contributed by atoms with E-state index in [2.05, 4.69) is 51.8 Å². The van der Waals surface area contributed by atoms with Crippen LogP contribution in [0.15, 0.2) is 59.1 Å². The van der Waals surface area contributed by atoms with Gasteiger partial charge in [0.2, 0.25) is 5.91 Å². The molecule has 2 aliphatic heterocycles. The van der Waals surface area contributed by atoms with Crippen LogP contribution >= 0.6 is 0 Å². The minimum absolute atomic E-state index is 0.0587. The molecule has 188 valence electrons. The lowest BCUT2D eigenvalue weighted by Crippen LogP contribution is -2.33. The number of nitrogens with zero attached hydrogens (tertiary/aromatic N) is 2. The number of carboxylic acids is 2. The number of amides is 1. The molecule has 2 aromatic carbocycles. The summed E-state index contributed by atoms with van der Waals surface area (Å²) in [5.41, 5.74) is 4.17. The molecule has 0 saturated carbocycles. The van der Waals surface area contributed by atoms with Crippen molar-refractivity contribution in [1.29, 1.82) is 0 Å². The first-order valence-corrected chi connectivity index (χ1v) is 12.0. The molecule has 0 atom stereocenters. The lowest BCUT2D eigenvalue weighted by molar-refractivity contribution is -0.134. The van der Waals surface area contributed by atoms with E-state index in [0.29, 0.717) is 18.6 Å². The van der Waals surface area contributed by atoms with Gasteiger partial charge in [-0.25, -0.2) is 9.59 Å². The van der Waals surface area contributed by atoms with E-state index in [9.17, 15) is 14.4 Å². The summed E-state index contributed by atoms with van der Waals surface area (Å²) < 4.78 is 5.64. The molecule has 0 aliphatic carbocycles. The maximum atomic E-state index is 11.6. The van der Waals surface area contributed by atoms with Gasteiger partial charge in [0.05, 0.1) is 6.42 Å². The first-order chi connectivity index (χ1) is 17.4. The van der Waals surface area contributed by atoms with Crippen LogP contribution in [0.4, 0.5) is 5.69 Å². The molecule has 3 aromatic rings. The Balaban J connectivity index is 0.000000331. The Bertz CT molecular complexity index is 1240. The van der Waals surface area contributed by atoms with Crippen LogP contribution < -0.4 is 5.32 Å². The Morgan fingerprint density at radius 1 is 1.08 bits per heavy atom. The molecule has 36 heavy (non-hydrogen) atoms. The average Bonchev–Trinajstić information content (AvgIpc) is 3.43. The molecule has 1 fully saturated rings. The summed E-state index contributed by atoms with van der Waals surface area (Å²) in [5.74, 6) is -0.753. The van der Waals surface area contributed by atoms with Crippen molar-refractivity contribution in [2.45, 2.75) is 38.6 Å². The number of rotatable bonds is 7. The van der Waals surface area contributed by atoms with Crippen LogP contribution in [0, 0.1) is 5.92 Å². The standard InChI is InChI=1S/C23H25N3O2.C4H4O4/c27-23-13-18-12-19-21(14-20(18)24-23)25-28-22(19)7-6-16-8-10-26(11-9-16)15-17-4-2-1-3-5-17;5-3(6)1-2-4(7)8/h1-5,12,14,16H,6-11,13,15H2,(H,24,27);1-2H,(H,5,6)(H,7,8)/b;2-1-. The number of carbonyl (C=O) groups is 3. The fourth-order valence-corrected chi connectivity index (χ4v) is 4.65. The summed E-state index contributed by atoms with van der Waals surface area (Å²) >= 11 is 0. The number of carbonyl (C=O) groups excluding carboxylic acids is 1. The van der Waals surface area contributed by atoms with E-state index < -0.39 is 11.9 Å². The van der Waals surface area contributed by atoms with Crippen LogP contribution in [0.3, 0.4) is 0 Å². The third kappa shape index (κ3) is 6.79. The van der Waals surface area contributed by atoms with E-state index in [4.69, 9.17) is 14.7 Å². The largest absolute Gasteiger partial charge is 0.478 e. The van der Waals surface area contributed by atoms with Crippen LogP contribution in [-0.2, 0) is 33.8 Å². The van der Waals surface area contributed by atoms with Gasteiger partial charge in [0.15, 0.2) is 0 Å². The van der Waals surface area contributed by atoms with Gasteiger partial charge < -0.3 is 20.1 Å². The van der Waals surface area contributed by atoms with Gasteiger partial charge in [0.25, 0.3) is 0 Å². The maximum Gasteiger partial charge on any atom is 0.328 e. The molecule has 2 aliphatic rings. The van der Waals surface area contributed by atoms with Crippen molar-refractivity contribution >= 4 is 34.4 Å². The number of anilines is 1. The molecule has 9 nitrogen and oxygen atoms in total. The summed E-state index contributed by atoms with van der Waals surface area (Å²) in [4.78, 5) is 33.3. The van der Waals surface area contributed by atoms with Crippen LogP contribution in [0.25, 0.3) is 10.9 Å². The van der Waals surface area contributed by atoms with Crippen molar-refractivity contribution in [2.24, 2.45) is 5.92 Å². The minimum atomic E-state index is -1.26. The normalized spacial score (nSPS) is 15.9. The number of aromatic nitrogens is 1. The van der Waals surface area contributed by atoms with Gasteiger partial charge in [0.1, 0.15) is 11.3 Å². The Morgan fingerprint density at radius 3 is 2.44 bits per heavy atom. The number of likely N-dealkylation sites (tertiary alicyclic amines) is 1. The maximum absolute atomic E-state index is 11.6. The second-order valence-electron chi connectivity index (χ2n) is 9.11. The zero-order chi connectivity index (χ0) is 25.5. The zero-order valence-corrected chi connectivity index (χ0v) is 19.9. The topological polar surface area (TPSA) is 133 Å². The van der Waals surface area contributed by atoms with E-state index in [-0.39, 0.29) is 5.91 Å². The van der Waals surface area contributed by atoms with Crippen LogP contribution in [0.1, 0.15) is 36.1 Å². The number of aliphatic carboxylic acids is 2. The van der Waals surface area contributed by atoms with Crippen LogP contribution in [0.5, 0.6) is 0 Å². The highest BCUT2D eigenvalue weighted by Crippen LogP contribution is 2.31. The molecule has 3 heterocycles. The number of aryl methyl sites for hydroxylation is 1. The van der Waals surface area contributed by atoms with Crippen LogP contribution in [-0.4, -0.2) is 51.2 Å². The quantitative estimate of drug-likeness (QED) is 0.424. The van der Waals surface area contributed by atoms with Crippen molar-refractivity contribution in [1.82, 2.24) is 10.1 Å². The Hall–Kier alpha value is -3.98. The predicted octanol–water partition coefficient (Wildman–Crippen LogP) is 3.88. The van der Waals surface area contributed by atoms with Gasteiger partial charge >= 0.3 is 11.9 Å². The molecular formula is C27H29N3O6. The van der Waals surface area contributed by atoms with E-state index >= 15 is 0 Å². The van der Waals surface area contributed by atoms with Gasteiger partial charge in [-0.05, 0) is 61.5 Å². The molecule has 1 saturated heterocycles. The fourth-order valence-electron chi connectivity index (χ4n) is 4.65. The van der Waals surface area contributed by atoms with Gasteiger partial charge in [-0.3, -0.25) is 9.69 Å². The minimum Gasteiger partial charge on any atom is -0.478 e. The van der Waals surface area contributed by atoms with Crippen molar-refractivity contribution in [3.8, 4) is 0 Å². The number of fused-ring (bicyclic) bond motifs is 2. The number of carboxylic acid groups (broad SMARTS) is 2. The van der Waals surface area contributed by atoms with E-state index in [1.165, 1.54) is 18.4 Å². The van der Waals surface area contributed by atoms with Gasteiger partial charge in [-0.15, -0.1) is 0 Å². The number of nitrogens with one attached hydrogen (secondary N) is 1. The van der Waals surface area contributed by atoms with Crippen molar-refractivity contribution in [3.05, 3.63) is 71.5 Å². The molecule has 1 aromatic heterocycles. The smallest absolute Gasteiger partial charge is 0.328 e. The first kappa shape index (κ1) is 25.1. The number of benzene rings is 2. The molecule has 0 spiro atoms. The van der Waals surface area contributed by atoms with Crippen LogP contribution in [0.2, 0.25) is 0 Å². The van der Waals surface area contributed by atoms with Crippen molar-refractivity contribution in [2.75, 3.05) is 18.4 Å². The van der Waals surface area contributed by atoms with E-state index in [0.717, 1.165) is 66.3 Å². The lowest BCUT2D eigenvalue weighted by atomic mass is 9.91. The molecule has 0 bridgehead atoms. The molecule has 0 unspecified atom stereocenters. The Morgan fingerprint density at radius 2 is 1.78 bits per heavy atom. The summed E-state index contributed by atoms with van der Waals surface area (Å²) in [6, 6.07) is 14.7. The summed E-state index contributed by atoms with van der Waals surface area (Å²) in [5, 5.41) is 23.8. The SMILES string of the molecule is O=C(O)/C=C\C(=O)O.O=C1Cc2cc3c(CCC4CCN(Cc5ccccc5)CC4)onc3cc2N1. The predicted molar refractivity (Wildman–Crippen MR) is 134 cm³/mol. The van der Waals surface area contributed by atoms with Gasteiger partial charge in [0, 0.05) is 36.2 Å². The second-order valence-corrected chi connectivity index (χ2v) is 9.11. The molecule has 9 heteroatoms. The summed E-state index contributed by atoms with van der Waals surface area (Å²) in [6.45, 7) is 3.38.